The molecule has 6 heteroatoms. The van der Waals surface area contributed by atoms with Gasteiger partial charge in [0.25, 0.3) is 0 Å². The van der Waals surface area contributed by atoms with Gasteiger partial charge in [0.1, 0.15) is 5.75 Å². The summed E-state index contributed by atoms with van der Waals surface area (Å²) in [4.78, 5) is 23.7. The third-order valence-electron chi connectivity index (χ3n) is 3.73. The van der Waals surface area contributed by atoms with E-state index >= 15 is 0 Å². The number of imidazole rings is 1. The lowest BCUT2D eigenvalue weighted by atomic mass is 10.2. The predicted molar refractivity (Wildman–Crippen MR) is 87.5 cm³/mol. The molecule has 0 spiro atoms. The molecule has 3 rings (SSSR count). The molecule has 0 aliphatic rings. The van der Waals surface area contributed by atoms with E-state index in [1.807, 2.05) is 24.3 Å². The summed E-state index contributed by atoms with van der Waals surface area (Å²) in [5.74, 6) is 0.492. The Balaban J connectivity index is 1.71. The number of benzene rings is 2. The Kier molecular flexibility index (Phi) is 3.89. The van der Waals surface area contributed by atoms with Crippen LogP contribution in [0.25, 0.3) is 11.0 Å². The number of nitrogens with one attached hydrogen (secondary N) is 1. The average Bonchev–Trinajstić information content (AvgIpc) is 2.78. The van der Waals surface area contributed by atoms with Crippen LogP contribution in [-0.2, 0) is 20.6 Å². The third-order valence-corrected chi connectivity index (χ3v) is 3.73. The molecular weight excluding hydrogens is 294 g/mol. The second-order valence-electron chi connectivity index (χ2n) is 5.28. The van der Waals surface area contributed by atoms with Gasteiger partial charge >= 0.3 is 11.8 Å². The summed E-state index contributed by atoms with van der Waals surface area (Å²) in [6.45, 7) is 0.324. The quantitative estimate of drug-likeness (QED) is 0.806. The number of carbonyl (C=O) groups is 1. The van der Waals surface area contributed by atoms with Gasteiger partial charge in [-0.3, -0.25) is 9.13 Å². The van der Waals surface area contributed by atoms with Gasteiger partial charge in [0, 0.05) is 20.6 Å². The van der Waals surface area contributed by atoms with Gasteiger partial charge in [-0.1, -0.05) is 24.3 Å². The molecule has 1 heterocycles. The molecule has 2 aromatic carbocycles. The van der Waals surface area contributed by atoms with Crippen LogP contribution in [0.1, 0.15) is 5.56 Å². The molecule has 1 N–H and O–H groups in total. The molecule has 0 radical (unpaired) electrons. The summed E-state index contributed by atoms with van der Waals surface area (Å²) in [7, 11) is 3.46. The maximum Gasteiger partial charge on any atom is 0.412 e. The molecule has 118 valence electrons. The van der Waals surface area contributed by atoms with Gasteiger partial charge in [-0.25, -0.2) is 9.59 Å². The summed E-state index contributed by atoms with van der Waals surface area (Å²) >= 11 is 0. The topological polar surface area (TPSA) is 65.3 Å². The lowest BCUT2D eigenvalue weighted by Crippen LogP contribution is -2.26. The number of ether oxygens (including phenoxy) is 1. The number of hydrogen-bond donors (Lipinski definition) is 1. The Hall–Kier alpha value is -3.02. The number of para-hydroxylation sites is 1. The molecule has 0 bridgehead atoms. The largest absolute Gasteiger partial charge is 0.412 e. The molecule has 0 unspecified atom stereocenters. The molecule has 0 saturated carbocycles. The summed E-state index contributed by atoms with van der Waals surface area (Å²) in [5.41, 5.74) is 2.50. The van der Waals surface area contributed by atoms with Crippen LogP contribution in [0.3, 0.4) is 0 Å². The number of amides is 1. The van der Waals surface area contributed by atoms with E-state index < -0.39 is 6.09 Å². The highest BCUT2D eigenvalue weighted by atomic mass is 16.6. The summed E-state index contributed by atoms with van der Waals surface area (Å²) in [6.07, 6.45) is -0.516. The standard InChI is InChI=1S/C17H17N3O3/c1-19-14-9-8-12(10-15(14)20(2)17(19)22)11-18-16(21)23-13-6-4-3-5-7-13/h3-10H,11H2,1-2H3,(H,18,21). The van der Waals surface area contributed by atoms with Crippen LogP contribution in [0.5, 0.6) is 5.75 Å². The number of rotatable bonds is 3. The predicted octanol–water partition coefficient (Wildman–Crippen LogP) is 2.17. The first-order chi connectivity index (χ1) is 11.1. The van der Waals surface area contributed by atoms with Crippen LogP contribution >= 0.6 is 0 Å². The van der Waals surface area contributed by atoms with Gasteiger partial charge in [-0.05, 0) is 29.8 Å². The van der Waals surface area contributed by atoms with Crippen LogP contribution in [0.2, 0.25) is 0 Å². The highest BCUT2D eigenvalue weighted by Gasteiger charge is 2.09. The zero-order valence-electron chi connectivity index (χ0n) is 12.9. The van der Waals surface area contributed by atoms with E-state index in [9.17, 15) is 9.59 Å². The maximum absolute atomic E-state index is 11.9. The van der Waals surface area contributed by atoms with E-state index in [1.54, 1.807) is 47.5 Å². The molecule has 1 aromatic heterocycles. The van der Waals surface area contributed by atoms with Crippen molar-refractivity contribution in [3.05, 3.63) is 64.6 Å². The van der Waals surface area contributed by atoms with Crippen LogP contribution in [0.15, 0.2) is 53.3 Å². The van der Waals surface area contributed by atoms with Gasteiger partial charge < -0.3 is 10.1 Å². The monoisotopic (exact) mass is 311 g/mol. The van der Waals surface area contributed by atoms with E-state index in [0.717, 1.165) is 16.6 Å². The Bertz CT molecular complexity index is 910. The van der Waals surface area contributed by atoms with Crippen LogP contribution in [-0.4, -0.2) is 15.2 Å². The Labute approximate surface area is 132 Å². The molecule has 6 nitrogen and oxygen atoms in total. The average molecular weight is 311 g/mol. The number of fused-ring (bicyclic) bond motifs is 1. The SMILES string of the molecule is Cn1c(=O)n(C)c2cc(CNC(=O)Oc3ccccc3)ccc21. The molecule has 23 heavy (non-hydrogen) atoms. The molecule has 0 fully saturated rings. The normalized spacial score (nSPS) is 10.7. The summed E-state index contributed by atoms with van der Waals surface area (Å²) in [6, 6.07) is 14.5. The fourth-order valence-electron chi connectivity index (χ4n) is 2.47. The Morgan fingerprint density at radius 3 is 2.48 bits per heavy atom. The number of carbonyl (C=O) groups excluding carboxylic acids is 1. The van der Waals surface area contributed by atoms with Gasteiger partial charge in [0.15, 0.2) is 0 Å². The van der Waals surface area contributed by atoms with Crippen molar-refractivity contribution in [3.8, 4) is 5.75 Å². The minimum absolute atomic E-state index is 0.0754. The smallest absolute Gasteiger partial charge is 0.410 e. The minimum atomic E-state index is -0.516. The van der Waals surface area contributed by atoms with Gasteiger partial charge in [-0.15, -0.1) is 0 Å². The Morgan fingerprint density at radius 1 is 1.04 bits per heavy atom. The molecular formula is C17H17N3O3. The van der Waals surface area contributed by atoms with Crippen molar-refractivity contribution in [3.63, 3.8) is 0 Å². The highest BCUT2D eigenvalue weighted by molar-refractivity contribution is 5.77. The highest BCUT2D eigenvalue weighted by Crippen LogP contribution is 2.14. The van der Waals surface area contributed by atoms with E-state index in [1.165, 1.54) is 0 Å². The van der Waals surface area contributed by atoms with E-state index in [4.69, 9.17) is 4.74 Å². The summed E-state index contributed by atoms with van der Waals surface area (Å²) in [5, 5.41) is 2.70. The lowest BCUT2D eigenvalue weighted by Gasteiger charge is -2.07. The first-order valence-corrected chi connectivity index (χ1v) is 7.21. The van der Waals surface area contributed by atoms with Crippen molar-refractivity contribution in [2.24, 2.45) is 14.1 Å². The third kappa shape index (κ3) is 2.96. The Morgan fingerprint density at radius 2 is 1.74 bits per heavy atom. The lowest BCUT2D eigenvalue weighted by molar-refractivity contribution is 0.200. The van der Waals surface area contributed by atoms with Gasteiger partial charge in [0.05, 0.1) is 11.0 Å². The van der Waals surface area contributed by atoms with Crippen molar-refractivity contribution in [1.82, 2.24) is 14.5 Å². The van der Waals surface area contributed by atoms with E-state index in [-0.39, 0.29) is 5.69 Å². The second-order valence-corrected chi connectivity index (χ2v) is 5.28. The molecule has 0 atom stereocenters. The van der Waals surface area contributed by atoms with Crippen molar-refractivity contribution in [1.29, 1.82) is 0 Å². The summed E-state index contributed by atoms with van der Waals surface area (Å²) < 4.78 is 8.34. The fourth-order valence-corrected chi connectivity index (χ4v) is 2.47. The van der Waals surface area contributed by atoms with Crippen LogP contribution in [0, 0.1) is 0 Å². The maximum atomic E-state index is 11.9. The number of aromatic nitrogens is 2. The number of nitrogens with zero attached hydrogens (tertiary/aromatic N) is 2. The van der Waals surface area contributed by atoms with E-state index in [2.05, 4.69) is 5.32 Å². The number of aryl methyl sites for hydroxylation is 2. The minimum Gasteiger partial charge on any atom is -0.410 e. The fraction of sp³-hybridized carbons (Fsp3) is 0.176. The molecule has 0 aliphatic heterocycles. The van der Waals surface area contributed by atoms with Crippen molar-refractivity contribution < 1.29 is 9.53 Å². The van der Waals surface area contributed by atoms with Crippen molar-refractivity contribution in [2.75, 3.05) is 0 Å². The zero-order chi connectivity index (χ0) is 16.4. The van der Waals surface area contributed by atoms with E-state index in [0.29, 0.717) is 12.3 Å². The first kappa shape index (κ1) is 14.9. The molecule has 0 aliphatic carbocycles. The molecule has 1 amide bonds. The van der Waals surface area contributed by atoms with Crippen molar-refractivity contribution in [2.45, 2.75) is 6.54 Å². The van der Waals surface area contributed by atoms with Crippen LogP contribution < -0.4 is 15.7 Å². The molecule has 0 saturated heterocycles. The van der Waals surface area contributed by atoms with Crippen molar-refractivity contribution >= 4 is 17.1 Å². The van der Waals surface area contributed by atoms with Gasteiger partial charge in [-0.2, -0.15) is 0 Å². The second kappa shape index (κ2) is 6.00. The first-order valence-electron chi connectivity index (χ1n) is 7.21. The number of hydrogen-bond acceptors (Lipinski definition) is 3. The van der Waals surface area contributed by atoms with Crippen LogP contribution in [0.4, 0.5) is 4.79 Å². The van der Waals surface area contributed by atoms with Gasteiger partial charge in [0.2, 0.25) is 0 Å². The zero-order valence-corrected chi connectivity index (χ0v) is 12.9. The molecule has 3 aromatic rings.